The van der Waals surface area contributed by atoms with Crippen molar-refractivity contribution in [2.45, 2.75) is 33.0 Å². The second-order valence-corrected chi connectivity index (χ2v) is 8.89. The van der Waals surface area contributed by atoms with Crippen LogP contribution in [0.3, 0.4) is 0 Å². The summed E-state index contributed by atoms with van der Waals surface area (Å²) >= 11 is 0. The largest absolute Gasteiger partial charge is 0.491 e. The van der Waals surface area contributed by atoms with Crippen LogP contribution in [0.25, 0.3) is 10.9 Å². The van der Waals surface area contributed by atoms with Gasteiger partial charge >= 0.3 is 0 Å². The molecule has 2 aromatic carbocycles. The maximum absolute atomic E-state index is 13.7. The number of nitrogens with one attached hydrogen (secondary N) is 2. The van der Waals surface area contributed by atoms with Gasteiger partial charge in [0.2, 0.25) is 0 Å². The molecule has 8 nitrogen and oxygen atoms in total. The van der Waals surface area contributed by atoms with Gasteiger partial charge in [-0.05, 0) is 55.8 Å². The first-order chi connectivity index (χ1) is 18.3. The maximum atomic E-state index is 13.7. The molecule has 0 radical (unpaired) electrons. The fourth-order valence-electron chi connectivity index (χ4n) is 4.13. The number of fused-ring (bicyclic) bond motifs is 1. The van der Waals surface area contributed by atoms with Crippen LogP contribution in [0.4, 0.5) is 8.78 Å². The van der Waals surface area contributed by atoms with Gasteiger partial charge in [0.1, 0.15) is 11.4 Å². The molecule has 4 aromatic rings. The summed E-state index contributed by atoms with van der Waals surface area (Å²) in [5.41, 5.74) is 1.76. The zero-order valence-corrected chi connectivity index (χ0v) is 21.0. The number of carbonyl (C=O) groups excluding carboxylic acids is 2. The standard InChI is InChI=1S/C28H28F2N4O4/c1-17(2)38-20-7-8-21-24(14-20)34(16-19-5-3-4-10-31-19)26(28(37)32-11-12-35)25(21)27(36)33-15-18-6-9-22(29)23(30)13-18/h3-10,13-14,17,35H,11-12,15-16H2,1-2H3,(H,32,37)(H,33,36). The number of carbonyl (C=O) groups is 2. The quantitative estimate of drug-likeness (QED) is 0.294. The molecule has 0 atom stereocenters. The van der Waals surface area contributed by atoms with Gasteiger partial charge in [-0.25, -0.2) is 8.78 Å². The van der Waals surface area contributed by atoms with Crippen molar-refractivity contribution in [3.05, 3.63) is 94.9 Å². The van der Waals surface area contributed by atoms with Crippen molar-refractivity contribution in [3.8, 4) is 5.75 Å². The minimum Gasteiger partial charge on any atom is -0.491 e. The number of benzene rings is 2. The van der Waals surface area contributed by atoms with E-state index in [-0.39, 0.29) is 43.6 Å². The highest BCUT2D eigenvalue weighted by atomic mass is 19.2. The van der Waals surface area contributed by atoms with Crippen molar-refractivity contribution >= 4 is 22.7 Å². The van der Waals surface area contributed by atoms with Gasteiger partial charge in [0.15, 0.2) is 11.6 Å². The molecule has 2 amide bonds. The maximum Gasteiger partial charge on any atom is 0.268 e. The molecule has 2 heterocycles. The third kappa shape index (κ3) is 5.97. The van der Waals surface area contributed by atoms with E-state index in [1.165, 1.54) is 6.07 Å². The van der Waals surface area contributed by atoms with E-state index < -0.39 is 23.4 Å². The van der Waals surface area contributed by atoms with Gasteiger partial charge in [0.05, 0.1) is 36.0 Å². The number of hydrogen-bond donors (Lipinski definition) is 3. The normalized spacial score (nSPS) is 11.1. The van der Waals surface area contributed by atoms with Gasteiger partial charge in [-0.15, -0.1) is 0 Å². The van der Waals surface area contributed by atoms with Crippen molar-refractivity contribution < 1.29 is 28.2 Å². The molecule has 0 aliphatic rings. The second-order valence-electron chi connectivity index (χ2n) is 8.89. The molecule has 0 unspecified atom stereocenters. The average molecular weight is 523 g/mol. The van der Waals surface area contributed by atoms with E-state index in [1.54, 1.807) is 41.1 Å². The summed E-state index contributed by atoms with van der Waals surface area (Å²) in [4.78, 5) is 31.3. The summed E-state index contributed by atoms with van der Waals surface area (Å²) in [6.45, 7) is 3.58. The highest BCUT2D eigenvalue weighted by Gasteiger charge is 2.28. The van der Waals surface area contributed by atoms with Gasteiger partial charge in [0, 0.05) is 30.7 Å². The number of aliphatic hydroxyl groups is 1. The summed E-state index contributed by atoms with van der Waals surface area (Å²) in [6, 6.07) is 13.9. The van der Waals surface area contributed by atoms with Crippen molar-refractivity contribution in [2.75, 3.05) is 13.2 Å². The SMILES string of the molecule is CC(C)Oc1ccc2c(C(=O)NCc3ccc(F)c(F)c3)c(C(=O)NCCO)n(Cc3ccccn3)c2c1. The first-order valence-corrected chi connectivity index (χ1v) is 12.1. The predicted octanol–water partition coefficient (Wildman–Crippen LogP) is 3.80. The Labute approximate surface area is 218 Å². The molecule has 3 N–H and O–H groups in total. The monoisotopic (exact) mass is 522 g/mol. The molecule has 2 aromatic heterocycles. The Morgan fingerprint density at radius 3 is 2.53 bits per heavy atom. The molecule has 38 heavy (non-hydrogen) atoms. The molecule has 0 saturated carbocycles. The minimum absolute atomic E-state index is 0.0123. The van der Waals surface area contributed by atoms with E-state index in [9.17, 15) is 23.5 Å². The number of halogens is 2. The number of hydrogen-bond acceptors (Lipinski definition) is 5. The van der Waals surface area contributed by atoms with E-state index in [0.717, 1.165) is 12.1 Å². The molecule has 0 bridgehead atoms. The minimum atomic E-state index is -1.02. The zero-order valence-electron chi connectivity index (χ0n) is 21.0. The molecule has 10 heteroatoms. The van der Waals surface area contributed by atoms with Crippen molar-refractivity contribution in [1.29, 1.82) is 0 Å². The van der Waals surface area contributed by atoms with Gasteiger partial charge in [-0.1, -0.05) is 12.1 Å². The number of amides is 2. The van der Waals surface area contributed by atoms with Crippen LogP contribution in [-0.4, -0.2) is 45.7 Å². The van der Waals surface area contributed by atoms with E-state index in [4.69, 9.17) is 4.74 Å². The van der Waals surface area contributed by atoms with Crippen LogP contribution >= 0.6 is 0 Å². The van der Waals surface area contributed by atoms with Crippen molar-refractivity contribution in [1.82, 2.24) is 20.2 Å². The molecule has 0 aliphatic heterocycles. The number of nitrogens with zero attached hydrogens (tertiary/aromatic N) is 2. The summed E-state index contributed by atoms with van der Waals surface area (Å²) in [7, 11) is 0. The van der Waals surface area contributed by atoms with E-state index in [0.29, 0.717) is 27.9 Å². The van der Waals surface area contributed by atoms with Crippen LogP contribution in [-0.2, 0) is 13.1 Å². The Hall–Kier alpha value is -4.31. The Balaban J connectivity index is 1.83. The van der Waals surface area contributed by atoms with E-state index in [2.05, 4.69) is 15.6 Å². The topological polar surface area (TPSA) is 105 Å². The second kappa shape index (κ2) is 11.8. The van der Waals surface area contributed by atoms with Crippen LogP contribution < -0.4 is 15.4 Å². The number of aromatic nitrogens is 2. The molecule has 0 spiro atoms. The van der Waals surface area contributed by atoms with Gasteiger partial charge in [-0.2, -0.15) is 0 Å². The summed E-state index contributed by atoms with van der Waals surface area (Å²) < 4.78 is 34.6. The van der Waals surface area contributed by atoms with E-state index >= 15 is 0 Å². The fourth-order valence-corrected chi connectivity index (χ4v) is 4.13. The summed E-state index contributed by atoms with van der Waals surface area (Å²) in [5, 5.41) is 15.1. The molecule has 0 saturated heterocycles. The molecule has 198 valence electrons. The Morgan fingerprint density at radius 1 is 1.03 bits per heavy atom. The predicted molar refractivity (Wildman–Crippen MR) is 138 cm³/mol. The lowest BCUT2D eigenvalue weighted by Gasteiger charge is -2.13. The Kier molecular flexibility index (Phi) is 8.32. The number of pyridine rings is 1. The number of ether oxygens (including phenoxy) is 1. The number of aliphatic hydroxyl groups excluding tert-OH is 1. The highest BCUT2D eigenvalue weighted by molar-refractivity contribution is 6.16. The summed E-state index contributed by atoms with van der Waals surface area (Å²) in [6.07, 6.45) is 1.53. The number of rotatable bonds is 10. The lowest BCUT2D eigenvalue weighted by atomic mass is 10.1. The van der Waals surface area contributed by atoms with Crippen LogP contribution in [0.2, 0.25) is 0 Å². The molecule has 4 rings (SSSR count). The van der Waals surface area contributed by atoms with Gasteiger partial charge in [0.25, 0.3) is 11.8 Å². The lowest BCUT2D eigenvalue weighted by Crippen LogP contribution is -2.32. The molecular weight excluding hydrogens is 494 g/mol. The summed E-state index contributed by atoms with van der Waals surface area (Å²) in [5.74, 6) is -2.59. The third-order valence-corrected chi connectivity index (χ3v) is 5.73. The first-order valence-electron chi connectivity index (χ1n) is 12.1. The van der Waals surface area contributed by atoms with Crippen LogP contribution in [0.5, 0.6) is 5.75 Å². The highest BCUT2D eigenvalue weighted by Crippen LogP contribution is 2.31. The lowest BCUT2D eigenvalue weighted by molar-refractivity contribution is 0.0908. The molecular formula is C28H28F2N4O4. The van der Waals surface area contributed by atoms with Crippen molar-refractivity contribution in [3.63, 3.8) is 0 Å². The molecule has 0 fully saturated rings. The zero-order chi connectivity index (χ0) is 27.2. The van der Waals surface area contributed by atoms with Crippen molar-refractivity contribution in [2.24, 2.45) is 0 Å². The average Bonchev–Trinajstić information content (AvgIpc) is 3.21. The van der Waals surface area contributed by atoms with Gasteiger partial charge < -0.3 is 25.0 Å². The third-order valence-electron chi connectivity index (χ3n) is 5.73. The van der Waals surface area contributed by atoms with Crippen LogP contribution in [0, 0.1) is 11.6 Å². The van der Waals surface area contributed by atoms with Crippen LogP contribution in [0.1, 0.15) is 46.0 Å². The van der Waals surface area contributed by atoms with Gasteiger partial charge in [-0.3, -0.25) is 14.6 Å². The Morgan fingerprint density at radius 2 is 1.84 bits per heavy atom. The van der Waals surface area contributed by atoms with Crippen LogP contribution in [0.15, 0.2) is 60.8 Å². The first kappa shape index (κ1) is 26.7. The molecule has 0 aliphatic carbocycles. The van der Waals surface area contributed by atoms with E-state index in [1.807, 2.05) is 19.9 Å². The Bertz CT molecular complexity index is 1450. The smallest absolute Gasteiger partial charge is 0.268 e. The fraction of sp³-hybridized carbons (Fsp3) is 0.250.